The molecule has 1 aliphatic rings. The maximum Gasteiger partial charge on any atom is 0.321 e. The number of carbonyl (C=O) groups is 3. The summed E-state index contributed by atoms with van der Waals surface area (Å²) in [4.78, 5) is 35.4. The van der Waals surface area contributed by atoms with E-state index in [2.05, 4.69) is 22.0 Å². The molecule has 4 amide bonds. The molecule has 0 atom stereocenters. The van der Waals surface area contributed by atoms with E-state index in [0.717, 1.165) is 24.2 Å². The van der Waals surface area contributed by atoms with Crippen molar-refractivity contribution in [2.75, 3.05) is 17.6 Å². The van der Waals surface area contributed by atoms with Gasteiger partial charge >= 0.3 is 6.03 Å². The summed E-state index contributed by atoms with van der Waals surface area (Å²) in [6.45, 7) is 1.99. The van der Waals surface area contributed by atoms with Gasteiger partial charge in [0.2, 0.25) is 11.8 Å². The van der Waals surface area contributed by atoms with Gasteiger partial charge in [-0.1, -0.05) is 11.6 Å². The molecule has 0 radical (unpaired) electrons. The highest BCUT2D eigenvalue weighted by Gasteiger charge is 2.09. The summed E-state index contributed by atoms with van der Waals surface area (Å²) in [5.41, 5.74) is 2.10. The van der Waals surface area contributed by atoms with Crippen molar-refractivity contribution < 1.29 is 14.4 Å². The minimum absolute atomic E-state index is 0.129. The van der Waals surface area contributed by atoms with Crippen LogP contribution in [0.25, 0.3) is 0 Å². The summed E-state index contributed by atoms with van der Waals surface area (Å²) in [5, 5.41) is 7.74. The Kier molecular flexibility index (Phi) is 8.21. The summed E-state index contributed by atoms with van der Waals surface area (Å²) >= 11 is 1.33. The Bertz CT molecular complexity index is 671. The first-order valence-electron chi connectivity index (χ1n) is 8.79. The average molecular weight is 375 g/mol. The normalized spacial score (nSPS) is 13.5. The molecule has 3 N–H and O–H groups in total. The van der Waals surface area contributed by atoms with Crippen LogP contribution in [0.5, 0.6) is 0 Å². The van der Waals surface area contributed by atoms with Crippen LogP contribution in [-0.2, 0) is 9.59 Å². The molecule has 0 spiro atoms. The van der Waals surface area contributed by atoms with Gasteiger partial charge in [0.05, 0.1) is 5.75 Å². The van der Waals surface area contributed by atoms with E-state index in [1.165, 1.54) is 37.1 Å². The zero-order chi connectivity index (χ0) is 18.8. The van der Waals surface area contributed by atoms with Gasteiger partial charge in [0.25, 0.3) is 0 Å². The number of nitrogens with one attached hydrogen (secondary N) is 3. The van der Waals surface area contributed by atoms with E-state index in [9.17, 15) is 14.4 Å². The lowest BCUT2D eigenvalue weighted by molar-refractivity contribution is -0.117. The number of urea groups is 1. The lowest BCUT2D eigenvalue weighted by Gasteiger charge is -2.13. The smallest absolute Gasteiger partial charge is 0.321 e. The second kappa shape index (κ2) is 10.7. The molecule has 0 unspecified atom stereocenters. The summed E-state index contributed by atoms with van der Waals surface area (Å²) < 4.78 is 0. The van der Waals surface area contributed by atoms with Crippen molar-refractivity contribution >= 4 is 35.3 Å². The predicted octanol–water partition coefficient (Wildman–Crippen LogP) is 3.45. The Morgan fingerprint density at radius 3 is 2.54 bits per heavy atom. The van der Waals surface area contributed by atoms with E-state index in [0.29, 0.717) is 12.2 Å². The van der Waals surface area contributed by atoms with Crippen molar-refractivity contribution in [3.8, 4) is 0 Å². The molecule has 0 bridgehead atoms. The van der Waals surface area contributed by atoms with Crippen molar-refractivity contribution in [2.45, 2.75) is 43.9 Å². The molecule has 0 aliphatic heterocycles. The predicted molar refractivity (Wildman–Crippen MR) is 104 cm³/mol. The Morgan fingerprint density at radius 1 is 1.12 bits per heavy atom. The topological polar surface area (TPSA) is 87.3 Å². The first-order valence-corrected chi connectivity index (χ1v) is 9.77. The number of allylic oxidation sites excluding steroid dienone is 1. The summed E-state index contributed by atoms with van der Waals surface area (Å²) in [6.07, 6.45) is 7.81. The van der Waals surface area contributed by atoms with Crippen molar-refractivity contribution in [1.29, 1.82) is 0 Å². The Balaban J connectivity index is 1.63. The fourth-order valence-electron chi connectivity index (χ4n) is 2.66. The standard InChI is InChI=1S/C19H25N3O3S/c1-14(23)21-16-7-9-17(10-8-16)26-13-18(24)22-19(25)20-12-11-15-5-3-2-4-6-15/h5,7-10H,2-4,6,11-13H2,1H3,(H,21,23)(H2,20,22,24,25). The maximum atomic E-state index is 11.8. The van der Waals surface area contributed by atoms with Gasteiger partial charge in [0.15, 0.2) is 0 Å². The van der Waals surface area contributed by atoms with Gasteiger partial charge in [-0.2, -0.15) is 0 Å². The van der Waals surface area contributed by atoms with Crippen LogP contribution in [0.3, 0.4) is 0 Å². The highest BCUT2D eigenvalue weighted by molar-refractivity contribution is 8.00. The number of amides is 4. The summed E-state index contributed by atoms with van der Waals surface area (Å²) in [6, 6.07) is 6.73. The number of hydrogen-bond donors (Lipinski definition) is 3. The van der Waals surface area contributed by atoms with E-state index >= 15 is 0 Å². The molecule has 6 nitrogen and oxygen atoms in total. The molecule has 26 heavy (non-hydrogen) atoms. The first-order chi connectivity index (χ1) is 12.5. The van der Waals surface area contributed by atoms with Crippen LogP contribution < -0.4 is 16.0 Å². The van der Waals surface area contributed by atoms with E-state index in [4.69, 9.17) is 0 Å². The lowest BCUT2D eigenvalue weighted by Crippen LogP contribution is -2.40. The Labute approximate surface area is 158 Å². The van der Waals surface area contributed by atoms with Gasteiger partial charge in [-0.25, -0.2) is 4.79 Å². The van der Waals surface area contributed by atoms with Crippen LogP contribution in [0.15, 0.2) is 40.8 Å². The highest BCUT2D eigenvalue weighted by atomic mass is 32.2. The quantitative estimate of drug-likeness (QED) is 0.503. The summed E-state index contributed by atoms with van der Waals surface area (Å²) in [7, 11) is 0. The van der Waals surface area contributed by atoms with Gasteiger partial charge in [-0.15, -0.1) is 11.8 Å². The van der Waals surface area contributed by atoms with Crippen LogP contribution in [0, 0.1) is 0 Å². The molecule has 140 valence electrons. The molecule has 0 saturated carbocycles. The molecule has 0 heterocycles. The van der Waals surface area contributed by atoms with Gasteiger partial charge in [-0.3, -0.25) is 14.9 Å². The molecule has 1 aromatic rings. The Hall–Kier alpha value is -2.28. The molecule has 2 rings (SSSR count). The fraction of sp³-hybridized carbons (Fsp3) is 0.421. The van der Waals surface area contributed by atoms with Crippen LogP contribution in [0.1, 0.15) is 39.0 Å². The van der Waals surface area contributed by atoms with E-state index in [1.54, 1.807) is 12.1 Å². The second-order valence-corrected chi connectivity index (χ2v) is 7.21. The number of imide groups is 1. The molecular weight excluding hydrogens is 350 g/mol. The molecular formula is C19H25N3O3S. The van der Waals surface area contributed by atoms with E-state index in [-0.39, 0.29) is 17.6 Å². The zero-order valence-electron chi connectivity index (χ0n) is 15.0. The first kappa shape index (κ1) is 20.0. The number of hydrogen-bond acceptors (Lipinski definition) is 4. The van der Waals surface area contributed by atoms with E-state index < -0.39 is 6.03 Å². The molecule has 1 aliphatic carbocycles. The van der Waals surface area contributed by atoms with Gasteiger partial charge in [0, 0.05) is 24.1 Å². The van der Waals surface area contributed by atoms with Crippen LogP contribution in [0.2, 0.25) is 0 Å². The highest BCUT2D eigenvalue weighted by Crippen LogP contribution is 2.20. The third-order valence-corrected chi connectivity index (χ3v) is 4.93. The number of benzene rings is 1. The van der Waals surface area contributed by atoms with Crippen LogP contribution in [0.4, 0.5) is 10.5 Å². The largest absolute Gasteiger partial charge is 0.337 e. The average Bonchev–Trinajstić information content (AvgIpc) is 2.61. The maximum absolute atomic E-state index is 11.8. The fourth-order valence-corrected chi connectivity index (χ4v) is 3.36. The van der Waals surface area contributed by atoms with Crippen molar-refractivity contribution in [3.63, 3.8) is 0 Å². The monoisotopic (exact) mass is 375 g/mol. The third-order valence-electron chi connectivity index (χ3n) is 3.91. The number of anilines is 1. The van der Waals surface area contributed by atoms with Crippen molar-refractivity contribution in [2.24, 2.45) is 0 Å². The number of thioether (sulfide) groups is 1. The SMILES string of the molecule is CC(=O)Nc1ccc(SCC(=O)NC(=O)NCCC2=CCCCC2)cc1. The minimum Gasteiger partial charge on any atom is -0.337 e. The lowest BCUT2D eigenvalue weighted by atomic mass is 9.97. The second-order valence-electron chi connectivity index (χ2n) is 6.16. The molecule has 1 aromatic carbocycles. The van der Waals surface area contributed by atoms with Crippen molar-refractivity contribution in [1.82, 2.24) is 10.6 Å². The van der Waals surface area contributed by atoms with Crippen LogP contribution >= 0.6 is 11.8 Å². The molecule has 0 fully saturated rings. The third kappa shape index (κ3) is 7.74. The Morgan fingerprint density at radius 2 is 1.88 bits per heavy atom. The van der Waals surface area contributed by atoms with Gasteiger partial charge in [-0.05, 0) is 56.4 Å². The zero-order valence-corrected chi connectivity index (χ0v) is 15.8. The molecule has 7 heteroatoms. The molecule has 0 saturated heterocycles. The van der Waals surface area contributed by atoms with Crippen LogP contribution in [-0.4, -0.2) is 30.1 Å². The van der Waals surface area contributed by atoms with Gasteiger partial charge in [0.1, 0.15) is 0 Å². The number of rotatable bonds is 7. The molecule has 0 aromatic heterocycles. The minimum atomic E-state index is -0.451. The van der Waals surface area contributed by atoms with Gasteiger partial charge < -0.3 is 10.6 Å². The van der Waals surface area contributed by atoms with Crippen molar-refractivity contribution in [3.05, 3.63) is 35.9 Å². The van der Waals surface area contributed by atoms with E-state index in [1.807, 2.05) is 12.1 Å². The summed E-state index contributed by atoms with van der Waals surface area (Å²) in [5.74, 6) is -0.316. The number of carbonyl (C=O) groups excluding carboxylic acids is 3.